The van der Waals surface area contributed by atoms with Gasteiger partial charge in [-0.2, -0.15) is 0 Å². The van der Waals surface area contributed by atoms with E-state index in [-0.39, 0.29) is 12.3 Å². The highest BCUT2D eigenvalue weighted by molar-refractivity contribution is 6.21. The molecule has 0 aromatic heterocycles. The number of aliphatic carboxylic acids is 1. The molecule has 0 spiro atoms. The summed E-state index contributed by atoms with van der Waals surface area (Å²) in [5.41, 5.74) is 0.636. The van der Waals surface area contributed by atoms with Crippen molar-refractivity contribution in [3.63, 3.8) is 0 Å². The Balaban J connectivity index is 2.27. The van der Waals surface area contributed by atoms with Crippen molar-refractivity contribution in [3.05, 3.63) is 47.2 Å². The first kappa shape index (κ1) is 12.8. The number of nitrogens with zero attached hydrogens (tertiary/aromatic N) is 1. The molecule has 19 heavy (non-hydrogen) atoms. The van der Waals surface area contributed by atoms with Crippen molar-refractivity contribution in [2.45, 2.75) is 0 Å². The van der Waals surface area contributed by atoms with Crippen molar-refractivity contribution < 1.29 is 24.2 Å². The van der Waals surface area contributed by atoms with Gasteiger partial charge in [0, 0.05) is 0 Å². The second-order valence-corrected chi connectivity index (χ2v) is 3.90. The lowest BCUT2D eigenvalue weighted by Crippen LogP contribution is -2.32. The summed E-state index contributed by atoms with van der Waals surface area (Å²) in [6.07, 6.45) is 0.823. The van der Waals surface area contributed by atoms with Crippen molar-refractivity contribution in [1.29, 1.82) is 0 Å². The Morgan fingerprint density at radius 1 is 1.26 bits per heavy atom. The summed E-state index contributed by atoms with van der Waals surface area (Å²) in [4.78, 5) is 35.6. The average Bonchev–Trinajstić information content (AvgIpc) is 2.63. The first-order chi connectivity index (χ1) is 9.04. The largest absolute Gasteiger partial charge is 0.499 e. The second kappa shape index (κ2) is 4.93. The third kappa shape index (κ3) is 2.33. The molecule has 6 heteroatoms. The number of hydrogen-bond donors (Lipinski definition) is 1. The number of hydrogen-bond acceptors (Lipinski definition) is 4. The quantitative estimate of drug-likeness (QED) is 0.494. The lowest BCUT2D eigenvalue weighted by atomic mass is 10.1. The number of carboxylic acid groups (broad SMARTS) is 1. The van der Waals surface area contributed by atoms with Gasteiger partial charge in [0.25, 0.3) is 11.8 Å². The van der Waals surface area contributed by atoms with Crippen LogP contribution < -0.4 is 0 Å². The molecular formula is C13H11NO5. The lowest BCUT2D eigenvalue weighted by Gasteiger charge is -2.14. The summed E-state index contributed by atoms with van der Waals surface area (Å²) >= 11 is 0. The van der Waals surface area contributed by atoms with E-state index >= 15 is 0 Å². The van der Waals surface area contributed by atoms with Crippen LogP contribution in [0.15, 0.2) is 36.1 Å². The van der Waals surface area contributed by atoms with Gasteiger partial charge in [-0.25, -0.2) is 4.79 Å². The molecule has 1 aromatic rings. The van der Waals surface area contributed by atoms with Crippen LogP contribution in [0.25, 0.3) is 0 Å². The fourth-order valence-electron chi connectivity index (χ4n) is 1.85. The molecule has 2 amide bonds. The molecule has 0 saturated heterocycles. The van der Waals surface area contributed by atoms with Crippen LogP contribution in [0.3, 0.4) is 0 Å². The monoisotopic (exact) mass is 261 g/mol. The van der Waals surface area contributed by atoms with Crippen LogP contribution in [0.5, 0.6) is 0 Å². The third-order valence-electron chi connectivity index (χ3n) is 2.74. The SMILES string of the molecule is CO/C(=C/C(=O)O)CN1C(=O)c2ccccc2C1=O. The Morgan fingerprint density at radius 3 is 2.21 bits per heavy atom. The first-order valence-corrected chi connectivity index (χ1v) is 5.47. The van der Waals surface area contributed by atoms with E-state index in [2.05, 4.69) is 0 Å². The number of rotatable bonds is 4. The van der Waals surface area contributed by atoms with Crippen molar-refractivity contribution >= 4 is 17.8 Å². The molecule has 0 aliphatic carbocycles. The molecule has 0 fully saturated rings. The van der Waals surface area contributed by atoms with Gasteiger partial charge in [-0.05, 0) is 12.1 Å². The summed E-state index contributed by atoms with van der Waals surface area (Å²) in [6.45, 7) is -0.199. The average molecular weight is 261 g/mol. The molecule has 98 valence electrons. The van der Waals surface area contributed by atoms with Crippen molar-refractivity contribution in [3.8, 4) is 0 Å². The molecule has 1 aliphatic heterocycles. The molecule has 0 saturated carbocycles. The molecular weight excluding hydrogens is 250 g/mol. The zero-order valence-electron chi connectivity index (χ0n) is 10.1. The third-order valence-corrected chi connectivity index (χ3v) is 2.74. The number of fused-ring (bicyclic) bond motifs is 1. The number of amides is 2. The topological polar surface area (TPSA) is 83.9 Å². The normalized spacial score (nSPS) is 14.6. The highest BCUT2D eigenvalue weighted by Gasteiger charge is 2.35. The Morgan fingerprint density at radius 2 is 1.79 bits per heavy atom. The molecule has 2 rings (SSSR count). The number of carboxylic acids is 1. The molecule has 6 nitrogen and oxygen atoms in total. The maximum Gasteiger partial charge on any atom is 0.331 e. The minimum absolute atomic E-state index is 0.0296. The van der Waals surface area contributed by atoms with Crippen LogP contribution in [0.4, 0.5) is 0 Å². The van der Waals surface area contributed by atoms with Crippen LogP contribution in [-0.2, 0) is 9.53 Å². The molecule has 1 N–H and O–H groups in total. The van der Waals surface area contributed by atoms with E-state index in [1.54, 1.807) is 24.3 Å². The highest BCUT2D eigenvalue weighted by atomic mass is 16.5. The number of benzene rings is 1. The van der Waals surface area contributed by atoms with Crippen LogP contribution in [0.2, 0.25) is 0 Å². The summed E-state index contributed by atoms with van der Waals surface area (Å²) in [5.74, 6) is -2.07. The van der Waals surface area contributed by atoms with Gasteiger partial charge in [0.15, 0.2) is 0 Å². The summed E-state index contributed by atoms with van der Waals surface area (Å²) < 4.78 is 4.85. The number of ether oxygens (including phenoxy) is 1. The minimum atomic E-state index is -1.20. The van der Waals surface area contributed by atoms with E-state index in [1.165, 1.54) is 7.11 Å². The summed E-state index contributed by atoms with van der Waals surface area (Å²) in [5, 5.41) is 8.65. The maximum absolute atomic E-state index is 12.0. The van der Waals surface area contributed by atoms with Crippen molar-refractivity contribution in [2.24, 2.45) is 0 Å². The predicted octanol–water partition coefficient (Wildman–Crippen LogP) is 0.898. The molecule has 0 bridgehead atoms. The molecule has 1 heterocycles. The Hall–Kier alpha value is -2.63. The maximum atomic E-state index is 12.0. The van der Waals surface area contributed by atoms with Crippen molar-refractivity contribution in [2.75, 3.05) is 13.7 Å². The van der Waals surface area contributed by atoms with E-state index < -0.39 is 17.8 Å². The first-order valence-electron chi connectivity index (χ1n) is 5.47. The molecule has 0 atom stereocenters. The number of imide groups is 1. The fourth-order valence-corrected chi connectivity index (χ4v) is 1.85. The van der Waals surface area contributed by atoms with Crippen LogP contribution >= 0.6 is 0 Å². The summed E-state index contributed by atoms with van der Waals surface area (Å²) in [7, 11) is 1.28. The van der Waals surface area contributed by atoms with Crippen LogP contribution in [-0.4, -0.2) is 41.4 Å². The van der Waals surface area contributed by atoms with Gasteiger partial charge in [0.1, 0.15) is 5.76 Å². The minimum Gasteiger partial charge on any atom is -0.499 e. The van der Waals surface area contributed by atoms with Gasteiger partial charge < -0.3 is 9.84 Å². The van der Waals surface area contributed by atoms with E-state index in [9.17, 15) is 14.4 Å². The Bertz CT molecular complexity index is 555. The van der Waals surface area contributed by atoms with Gasteiger partial charge in [-0.15, -0.1) is 0 Å². The van der Waals surface area contributed by atoms with Crippen LogP contribution in [0, 0.1) is 0 Å². The van der Waals surface area contributed by atoms with Gasteiger partial charge in [0.05, 0.1) is 30.9 Å². The van der Waals surface area contributed by atoms with E-state index in [0.29, 0.717) is 11.1 Å². The van der Waals surface area contributed by atoms with Gasteiger partial charge in [-0.1, -0.05) is 12.1 Å². The van der Waals surface area contributed by atoms with Crippen LogP contribution in [0.1, 0.15) is 20.7 Å². The number of carbonyl (C=O) groups excluding carboxylic acids is 2. The fraction of sp³-hybridized carbons (Fsp3) is 0.154. The zero-order chi connectivity index (χ0) is 14.0. The molecule has 1 aliphatic rings. The smallest absolute Gasteiger partial charge is 0.331 e. The highest BCUT2D eigenvalue weighted by Crippen LogP contribution is 2.23. The van der Waals surface area contributed by atoms with Gasteiger partial charge >= 0.3 is 5.97 Å². The van der Waals surface area contributed by atoms with E-state index in [0.717, 1.165) is 11.0 Å². The zero-order valence-corrected chi connectivity index (χ0v) is 10.1. The van der Waals surface area contributed by atoms with E-state index in [1.807, 2.05) is 0 Å². The molecule has 1 aromatic carbocycles. The standard InChI is InChI=1S/C13H11NO5/c1-19-8(6-11(15)16)7-14-12(17)9-4-2-3-5-10(9)13(14)18/h2-6H,7H2,1H3,(H,15,16)/b8-6+. The number of methoxy groups -OCH3 is 1. The predicted molar refractivity (Wildman–Crippen MR) is 64.5 cm³/mol. The molecule has 0 unspecified atom stereocenters. The summed E-state index contributed by atoms with van der Waals surface area (Å²) in [6, 6.07) is 6.45. The van der Waals surface area contributed by atoms with E-state index in [4.69, 9.17) is 9.84 Å². The number of carbonyl (C=O) groups is 3. The Kier molecular flexibility index (Phi) is 3.33. The van der Waals surface area contributed by atoms with Crippen molar-refractivity contribution in [1.82, 2.24) is 4.90 Å². The Labute approximate surface area is 108 Å². The van der Waals surface area contributed by atoms with Gasteiger partial charge in [0.2, 0.25) is 0 Å². The second-order valence-electron chi connectivity index (χ2n) is 3.90. The van der Waals surface area contributed by atoms with Gasteiger partial charge in [-0.3, -0.25) is 14.5 Å². The lowest BCUT2D eigenvalue weighted by molar-refractivity contribution is -0.131. The molecule has 0 radical (unpaired) electrons.